The van der Waals surface area contributed by atoms with Gasteiger partial charge in [0.15, 0.2) is 0 Å². The van der Waals surface area contributed by atoms with Crippen LogP contribution in [0.2, 0.25) is 0 Å². The Bertz CT molecular complexity index is 6970. The van der Waals surface area contributed by atoms with Gasteiger partial charge in [-0.1, -0.05) is 231 Å². The van der Waals surface area contributed by atoms with Crippen LogP contribution in [0.4, 0.5) is 0 Å². The van der Waals surface area contributed by atoms with Gasteiger partial charge in [0.25, 0.3) is 0 Å². The number of thiophene rings is 1. The van der Waals surface area contributed by atoms with Crippen molar-refractivity contribution in [3.8, 4) is 78.4 Å². The molecule has 0 unspecified atom stereocenters. The summed E-state index contributed by atoms with van der Waals surface area (Å²) in [6.07, 6.45) is 1.01. The molecule has 5 heterocycles. The number of hydrogen-bond donors (Lipinski definition) is 0. The molecule has 0 aliphatic heterocycles. The Hall–Kier alpha value is -13.1. The van der Waals surface area contributed by atoms with Crippen molar-refractivity contribution in [1.82, 2.24) is 18.3 Å². The molecule has 0 fully saturated rings. The number of para-hydroxylation sites is 6. The lowest BCUT2D eigenvalue weighted by molar-refractivity contribution is 1.18. The first-order valence-corrected chi connectivity index (χ1v) is 36.0. The highest BCUT2D eigenvalue weighted by Crippen LogP contribution is 2.45. The van der Waals surface area contributed by atoms with Gasteiger partial charge in [-0.3, -0.25) is 0 Å². The fourth-order valence-electron chi connectivity index (χ4n) is 16.8. The van der Waals surface area contributed by atoms with Crippen molar-refractivity contribution in [1.29, 1.82) is 0 Å². The second kappa shape index (κ2) is 23.3. The lowest BCUT2D eigenvalue weighted by atomic mass is 9.98. The summed E-state index contributed by atoms with van der Waals surface area (Å²) in [5.74, 6) is 0. The molecule has 4 nitrogen and oxygen atoms in total. The molecule has 0 bridgehead atoms. The maximum Gasteiger partial charge on any atom is 0.0541 e. The highest BCUT2D eigenvalue weighted by atomic mass is 32.1. The average Bonchev–Trinajstić information content (AvgIpc) is 1.57. The molecule has 1 aliphatic carbocycles. The van der Waals surface area contributed by atoms with Crippen LogP contribution in [-0.4, -0.2) is 18.3 Å². The first kappa shape index (κ1) is 58.0. The Morgan fingerprint density at radius 3 is 1.03 bits per heavy atom. The molecular formula is C97H62N4S. The maximum absolute atomic E-state index is 2.43. The number of fused-ring (bicyclic) bond motifs is 18. The van der Waals surface area contributed by atoms with E-state index in [1.54, 1.807) is 0 Å². The third kappa shape index (κ3) is 9.22. The minimum absolute atomic E-state index is 1.01. The molecular weight excluding hydrogens is 1250 g/mol. The van der Waals surface area contributed by atoms with Gasteiger partial charge in [0, 0.05) is 86.0 Å². The van der Waals surface area contributed by atoms with E-state index < -0.39 is 0 Å². The summed E-state index contributed by atoms with van der Waals surface area (Å²) in [4.78, 5) is 0. The predicted molar refractivity (Wildman–Crippen MR) is 433 cm³/mol. The van der Waals surface area contributed by atoms with Gasteiger partial charge in [-0.2, -0.15) is 0 Å². The summed E-state index contributed by atoms with van der Waals surface area (Å²) in [6.45, 7) is 0. The molecule has 102 heavy (non-hydrogen) atoms. The molecule has 0 amide bonds. The Kier molecular flexibility index (Phi) is 13.2. The van der Waals surface area contributed by atoms with Crippen molar-refractivity contribution in [3.05, 3.63) is 375 Å². The first-order chi connectivity index (χ1) is 50.6. The Balaban J connectivity index is 0.000000133. The average molecular weight is 1320 g/mol. The quantitative estimate of drug-likeness (QED) is 0.144. The molecule has 0 N–H and O–H groups in total. The highest BCUT2D eigenvalue weighted by molar-refractivity contribution is 7.26. The molecule has 476 valence electrons. The monoisotopic (exact) mass is 1310 g/mol. The van der Waals surface area contributed by atoms with Gasteiger partial charge >= 0.3 is 0 Å². The van der Waals surface area contributed by atoms with Crippen LogP contribution < -0.4 is 0 Å². The van der Waals surface area contributed by atoms with E-state index in [1.165, 1.54) is 197 Å². The topological polar surface area (TPSA) is 19.7 Å². The summed E-state index contributed by atoms with van der Waals surface area (Å²) in [7, 11) is 0. The second-order valence-corrected chi connectivity index (χ2v) is 28.1. The molecule has 0 saturated carbocycles. The molecule has 22 rings (SSSR count). The van der Waals surface area contributed by atoms with Crippen LogP contribution in [0.3, 0.4) is 0 Å². The normalized spacial score (nSPS) is 12.1. The summed E-state index contributed by atoms with van der Waals surface area (Å²) < 4.78 is 12.3. The van der Waals surface area contributed by atoms with E-state index in [-0.39, 0.29) is 0 Å². The van der Waals surface area contributed by atoms with E-state index in [0.29, 0.717) is 0 Å². The summed E-state index contributed by atoms with van der Waals surface area (Å²) >= 11 is 1.88. The Morgan fingerprint density at radius 1 is 0.186 bits per heavy atom. The molecule has 16 aromatic carbocycles. The number of hydrogen-bond acceptors (Lipinski definition) is 1. The van der Waals surface area contributed by atoms with Gasteiger partial charge in [0.2, 0.25) is 0 Å². The van der Waals surface area contributed by atoms with E-state index in [2.05, 4.69) is 382 Å². The van der Waals surface area contributed by atoms with E-state index in [1.807, 2.05) is 11.3 Å². The van der Waals surface area contributed by atoms with E-state index in [9.17, 15) is 0 Å². The standard InChI is InChI=1S/C49H32N2.C48H30N2S/c1-2-13-38(14-3-1)50-46-19-8-6-17-41(46)44-30-34(23-25-48(44)50)35-24-26-49-45(31-35)42-18-7-9-20-47(42)51(49)39-15-10-12-32(28-39)33-21-22-37-27-36-11-4-5-16-40(36)43(37)29-33;1-2-13-34(14-3-1)49-43-21-7-4-16-37(43)41-29-31(24-26-45(41)49)32-25-27-46-42(30-32)38-17-5-8-22-44(38)50(46)35-15-10-12-33(28-35)36-19-11-20-40-39-18-6-9-23-47(39)51-48(36)40/h1-26,28-31H,27H2;1-30H. The van der Waals surface area contributed by atoms with Gasteiger partial charge in [-0.15, -0.1) is 11.3 Å². The Morgan fingerprint density at radius 2 is 0.520 bits per heavy atom. The Labute approximate surface area is 593 Å². The second-order valence-electron chi connectivity index (χ2n) is 27.1. The van der Waals surface area contributed by atoms with E-state index in [4.69, 9.17) is 0 Å². The molecule has 0 atom stereocenters. The van der Waals surface area contributed by atoms with Gasteiger partial charge in [0.05, 0.1) is 44.1 Å². The van der Waals surface area contributed by atoms with Crippen LogP contribution in [0.5, 0.6) is 0 Å². The van der Waals surface area contributed by atoms with Crippen LogP contribution in [-0.2, 0) is 6.42 Å². The predicted octanol–water partition coefficient (Wildman–Crippen LogP) is 26.4. The van der Waals surface area contributed by atoms with Crippen molar-refractivity contribution in [2.75, 3.05) is 0 Å². The first-order valence-electron chi connectivity index (χ1n) is 35.2. The zero-order valence-electron chi connectivity index (χ0n) is 55.5. The van der Waals surface area contributed by atoms with Gasteiger partial charge in [0.1, 0.15) is 0 Å². The molecule has 0 radical (unpaired) electrons. The number of rotatable bonds is 8. The number of aromatic nitrogens is 4. The number of benzene rings is 16. The van der Waals surface area contributed by atoms with E-state index >= 15 is 0 Å². The highest BCUT2D eigenvalue weighted by Gasteiger charge is 2.22. The molecule has 5 aromatic heterocycles. The lowest BCUT2D eigenvalue weighted by Crippen LogP contribution is -1.94. The van der Waals surface area contributed by atoms with E-state index in [0.717, 1.165) is 6.42 Å². The van der Waals surface area contributed by atoms with Crippen LogP contribution in [0.15, 0.2) is 364 Å². The minimum Gasteiger partial charge on any atom is -0.309 e. The molecule has 5 heteroatoms. The van der Waals surface area contributed by atoms with Crippen LogP contribution in [0.1, 0.15) is 11.1 Å². The maximum atomic E-state index is 2.43. The van der Waals surface area contributed by atoms with Crippen molar-refractivity contribution in [2.45, 2.75) is 6.42 Å². The van der Waals surface area contributed by atoms with Gasteiger partial charge < -0.3 is 18.3 Å². The summed E-state index contributed by atoms with van der Waals surface area (Å²) in [5.41, 5.74) is 29.8. The van der Waals surface area contributed by atoms with Crippen LogP contribution in [0.25, 0.3) is 186 Å². The zero-order valence-corrected chi connectivity index (χ0v) is 56.4. The fraction of sp³-hybridized carbons (Fsp3) is 0.0103. The number of nitrogens with zero attached hydrogens (tertiary/aromatic N) is 4. The fourth-order valence-corrected chi connectivity index (χ4v) is 18.0. The largest absolute Gasteiger partial charge is 0.309 e. The third-order valence-electron chi connectivity index (χ3n) is 21.4. The third-order valence-corrected chi connectivity index (χ3v) is 22.7. The SMILES string of the molecule is c1ccc(-n2c3ccccc3c3cc(-c4ccc5c(c4)c4ccccc4n5-c4cccc(-c5ccc6c(c5)-c5ccccc5C6)c4)ccc32)cc1.c1ccc(-n2c3ccccc3c3cc(-c4ccc5c(c4)c4ccccc4n5-c4cccc(-c5cccc6c5sc5ccccc56)c4)ccc32)cc1. The van der Waals surface area contributed by atoms with Gasteiger partial charge in [-0.25, -0.2) is 0 Å². The van der Waals surface area contributed by atoms with Crippen molar-refractivity contribution in [2.24, 2.45) is 0 Å². The smallest absolute Gasteiger partial charge is 0.0541 e. The van der Waals surface area contributed by atoms with Crippen LogP contribution >= 0.6 is 11.3 Å². The van der Waals surface area contributed by atoms with Crippen molar-refractivity contribution < 1.29 is 0 Å². The minimum atomic E-state index is 1.01. The van der Waals surface area contributed by atoms with Crippen molar-refractivity contribution >= 4 is 119 Å². The van der Waals surface area contributed by atoms with Crippen LogP contribution in [0, 0.1) is 0 Å². The molecule has 0 spiro atoms. The van der Waals surface area contributed by atoms with Crippen molar-refractivity contribution in [3.63, 3.8) is 0 Å². The molecule has 21 aromatic rings. The lowest BCUT2D eigenvalue weighted by Gasteiger charge is -2.12. The summed E-state index contributed by atoms with van der Waals surface area (Å²) in [5, 5.41) is 12.7. The van der Waals surface area contributed by atoms with Gasteiger partial charge in [-0.05, 0) is 207 Å². The summed E-state index contributed by atoms with van der Waals surface area (Å²) in [6, 6.07) is 134. The zero-order chi connectivity index (χ0) is 66.9. The molecule has 0 saturated heterocycles. The molecule has 1 aliphatic rings.